The van der Waals surface area contributed by atoms with Crippen molar-refractivity contribution in [1.29, 1.82) is 0 Å². The molecule has 1 aliphatic rings. The van der Waals surface area contributed by atoms with Crippen LogP contribution in [0, 0.1) is 12.8 Å². The fourth-order valence-corrected chi connectivity index (χ4v) is 2.44. The number of likely N-dealkylation sites (tertiary alicyclic amines) is 1. The first-order valence-corrected chi connectivity index (χ1v) is 7.10. The van der Waals surface area contributed by atoms with Crippen molar-refractivity contribution in [3.05, 3.63) is 23.8 Å². The van der Waals surface area contributed by atoms with Crippen LogP contribution in [0.5, 0.6) is 0 Å². The van der Waals surface area contributed by atoms with Crippen molar-refractivity contribution >= 4 is 5.78 Å². The van der Waals surface area contributed by atoms with Crippen molar-refractivity contribution in [2.75, 3.05) is 19.6 Å². The van der Waals surface area contributed by atoms with Crippen LogP contribution in [-0.4, -0.2) is 40.3 Å². The molecule has 0 aromatic carbocycles. The Morgan fingerprint density at radius 2 is 1.89 bits per heavy atom. The van der Waals surface area contributed by atoms with E-state index >= 15 is 0 Å². The lowest BCUT2D eigenvalue weighted by molar-refractivity contribution is -0.123. The number of rotatable bonds is 4. The number of Topliss-reactive ketones (excluding diaryl/α,β-unsaturated/α-hetero) is 1. The van der Waals surface area contributed by atoms with Crippen molar-refractivity contribution < 1.29 is 4.79 Å². The summed E-state index contributed by atoms with van der Waals surface area (Å²) in [4.78, 5) is 22.5. The Bertz CT molecular complexity index is 420. The molecule has 1 saturated heterocycles. The van der Waals surface area contributed by atoms with Gasteiger partial charge in [0.2, 0.25) is 0 Å². The van der Waals surface area contributed by atoms with Crippen molar-refractivity contribution in [2.24, 2.45) is 5.92 Å². The van der Waals surface area contributed by atoms with Gasteiger partial charge in [-0.05, 0) is 44.3 Å². The molecule has 4 heteroatoms. The van der Waals surface area contributed by atoms with Crippen LogP contribution < -0.4 is 0 Å². The Morgan fingerprint density at radius 3 is 2.42 bits per heavy atom. The molecule has 0 unspecified atom stereocenters. The zero-order valence-electron chi connectivity index (χ0n) is 12.1. The van der Waals surface area contributed by atoms with Crippen LogP contribution in [0.1, 0.15) is 44.0 Å². The molecule has 19 heavy (non-hydrogen) atoms. The van der Waals surface area contributed by atoms with E-state index in [1.807, 2.05) is 33.2 Å². The lowest BCUT2D eigenvalue weighted by Gasteiger charge is -2.31. The average molecular weight is 261 g/mol. The molecule has 0 N–H and O–H groups in total. The number of aryl methyl sites for hydroxylation is 1. The van der Waals surface area contributed by atoms with Crippen molar-refractivity contribution in [2.45, 2.75) is 39.5 Å². The highest BCUT2D eigenvalue weighted by molar-refractivity contribution is 5.82. The number of hydrogen-bond acceptors (Lipinski definition) is 4. The molecule has 0 saturated carbocycles. The zero-order valence-corrected chi connectivity index (χ0v) is 12.1. The molecule has 0 atom stereocenters. The molecule has 2 rings (SSSR count). The summed E-state index contributed by atoms with van der Waals surface area (Å²) >= 11 is 0. The molecule has 0 radical (unpaired) electrons. The largest absolute Gasteiger partial charge is 0.298 e. The second-order valence-corrected chi connectivity index (χ2v) is 5.74. The first-order chi connectivity index (χ1) is 9.06. The fraction of sp³-hybridized carbons (Fsp3) is 0.667. The minimum Gasteiger partial charge on any atom is -0.298 e. The first-order valence-electron chi connectivity index (χ1n) is 7.10. The number of aromatic nitrogens is 2. The maximum atomic E-state index is 11.7. The molecule has 0 bridgehead atoms. The van der Waals surface area contributed by atoms with Crippen LogP contribution in [0.25, 0.3) is 0 Å². The summed E-state index contributed by atoms with van der Waals surface area (Å²) in [6, 6.07) is 0. The summed E-state index contributed by atoms with van der Waals surface area (Å²) in [7, 11) is 0. The maximum Gasteiger partial charge on any atom is 0.149 e. The smallest absolute Gasteiger partial charge is 0.149 e. The molecule has 0 aliphatic carbocycles. The molecule has 2 heterocycles. The van der Waals surface area contributed by atoms with E-state index in [4.69, 9.17) is 0 Å². The highest BCUT2D eigenvalue weighted by Gasteiger charge is 2.23. The standard InChI is InChI=1S/C15H23N3O/c1-11(2)15(19)10-18-6-4-13(5-7-18)14-8-16-12(3)17-9-14/h8-9,11,13H,4-7,10H2,1-3H3. The molecule has 1 aliphatic heterocycles. The lowest BCUT2D eigenvalue weighted by Crippen LogP contribution is -2.38. The number of carbonyl (C=O) groups excluding carboxylic acids is 1. The summed E-state index contributed by atoms with van der Waals surface area (Å²) in [5, 5.41) is 0. The third-order valence-electron chi connectivity index (χ3n) is 3.88. The topological polar surface area (TPSA) is 46.1 Å². The van der Waals surface area contributed by atoms with E-state index in [0.717, 1.165) is 31.8 Å². The number of carbonyl (C=O) groups is 1. The van der Waals surface area contributed by atoms with E-state index in [9.17, 15) is 4.79 Å². The zero-order chi connectivity index (χ0) is 13.8. The van der Waals surface area contributed by atoms with E-state index in [1.165, 1.54) is 5.56 Å². The minimum absolute atomic E-state index is 0.142. The van der Waals surface area contributed by atoms with Crippen LogP contribution in [0.4, 0.5) is 0 Å². The van der Waals surface area contributed by atoms with E-state index in [-0.39, 0.29) is 5.92 Å². The SMILES string of the molecule is Cc1ncc(C2CCN(CC(=O)C(C)C)CC2)cn1. The molecule has 4 nitrogen and oxygen atoms in total. The molecule has 0 amide bonds. The highest BCUT2D eigenvalue weighted by atomic mass is 16.1. The van der Waals surface area contributed by atoms with Crippen molar-refractivity contribution in [3.8, 4) is 0 Å². The Kier molecular flexibility index (Phi) is 4.64. The predicted octanol–water partition coefficient (Wildman–Crippen LogP) is 2.19. The molecule has 1 fully saturated rings. The van der Waals surface area contributed by atoms with E-state index in [1.54, 1.807) is 0 Å². The molecular weight excluding hydrogens is 238 g/mol. The molecule has 0 spiro atoms. The van der Waals surface area contributed by atoms with Gasteiger partial charge in [0.25, 0.3) is 0 Å². The third kappa shape index (κ3) is 3.83. The number of piperidine rings is 1. The molecule has 1 aromatic heterocycles. The normalized spacial score (nSPS) is 17.9. The molecule has 104 valence electrons. The number of ketones is 1. The molecular formula is C15H23N3O. The number of hydrogen-bond donors (Lipinski definition) is 0. The second kappa shape index (κ2) is 6.24. The van der Waals surface area contributed by atoms with Crippen molar-refractivity contribution in [1.82, 2.24) is 14.9 Å². The van der Waals surface area contributed by atoms with Gasteiger partial charge in [-0.1, -0.05) is 13.8 Å². The summed E-state index contributed by atoms with van der Waals surface area (Å²) in [5.41, 5.74) is 1.24. The van der Waals surface area contributed by atoms with Gasteiger partial charge in [-0.15, -0.1) is 0 Å². The maximum absolute atomic E-state index is 11.7. The van der Waals surface area contributed by atoms with Gasteiger partial charge in [0.1, 0.15) is 11.6 Å². The van der Waals surface area contributed by atoms with Gasteiger partial charge >= 0.3 is 0 Å². The fourth-order valence-electron chi connectivity index (χ4n) is 2.44. The van der Waals surface area contributed by atoms with E-state index in [2.05, 4.69) is 14.9 Å². The summed E-state index contributed by atoms with van der Waals surface area (Å²) in [5.74, 6) is 1.86. The van der Waals surface area contributed by atoms with Crippen molar-refractivity contribution in [3.63, 3.8) is 0 Å². The summed E-state index contributed by atoms with van der Waals surface area (Å²) < 4.78 is 0. The van der Waals surface area contributed by atoms with Gasteiger partial charge in [-0.25, -0.2) is 9.97 Å². The van der Waals surface area contributed by atoms with Gasteiger partial charge in [0, 0.05) is 18.3 Å². The van der Waals surface area contributed by atoms with Gasteiger partial charge in [-0.2, -0.15) is 0 Å². The number of nitrogens with zero attached hydrogens (tertiary/aromatic N) is 3. The molecule has 1 aromatic rings. The lowest BCUT2D eigenvalue weighted by atomic mass is 9.91. The summed E-state index contributed by atoms with van der Waals surface area (Å²) in [6.07, 6.45) is 6.08. The second-order valence-electron chi connectivity index (χ2n) is 5.74. The Balaban J connectivity index is 1.85. The first kappa shape index (κ1) is 14.1. The van der Waals surface area contributed by atoms with Crippen LogP contribution >= 0.6 is 0 Å². The van der Waals surface area contributed by atoms with Crippen LogP contribution in [0.2, 0.25) is 0 Å². The monoisotopic (exact) mass is 261 g/mol. The Labute approximate surface area is 115 Å². The highest BCUT2D eigenvalue weighted by Crippen LogP contribution is 2.27. The van der Waals surface area contributed by atoms with E-state index in [0.29, 0.717) is 18.2 Å². The predicted molar refractivity (Wildman–Crippen MR) is 75.0 cm³/mol. The van der Waals surface area contributed by atoms with Crippen LogP contribution in [0.3, 0.4) is 0 Å². The van der Waals surface area contributed by atoms with Gasteiger partial charge in [-0.3, -0.25) is 9.69 Å². The van der Waals surface area contributed by atoms with Gasteiger partial charge in [0.05, 0.1) is 6.54 Å². The minimum atomic E-state index is 0.142. The van der Waals surface area contributed by atoms with Crippen LogP contribution in [0.15, 0.2) is 12.4 Å². The Hall–Kier alpha value is -1.29. The average Bonchev–Trinajstić information content (AvgIpc) is 2.40. The third-order valence-corrected chi connectivity index (χ3v) is 3.88. The van der Waals surface area contributed by atoms with E-state index < -0.39 is 0 Å². The quantitative estimate of drug-likeness (QED) is 0.833. The Morgan fingerprint density at radius 1 is 1.32 bits per heavy atom. The van der Waals surface area contributed by atoms with Gasteiger partial charge < -0.3 is 0 Å². The van der Waals surface area contributed by atoms with Crippen LogP contribution in [-0.2, 0) is 4.79 Å². The van der Waals surface area contributed by atoms with Gasteiger partial charge in [0.15, 0.2) is 0 Å². The summed E-state index contributed by atoms with van der Waals surface area (Å²) in [6.45, 7) is 8.45.